The van der Waals surface area contributed by atoms with Crippen molar-refractivity contribution in [3.63, 3.8) is 0 Å². The van der Waals surface area contributed by atoms with Crippen LogP contribution in [0, 0.1) is 19.3 Å². The number of aliphatic hydroxyl groups is 1. The molecule has 2 heteroatoms. The molecule has 2 aromatic carbocycles. The summed E-state index contributed by atoms with van der Waals surface area (Å²) in [6, 6.07) is 16.6. The molecule has 31 heavy (non-hydrogen) atoms. The highest BCUT2D eigenvalue weighted by Gasteiger charge is 2.27. The smallest absolute Gasteiger partial charge is 0.126 e. The lowest BCUT2D eigenvalue weighted by molar-refractivity contribution is 0.392. The minimum Gasteiger partial charge on any atom is -0.516 e. The second-order valence-corrected chi connectivity index (χ2v) is 8.57. The van der Waals surface area contributed by atoms with Crippen LogP contribution in [-0.2, 0) is 0 Å². The molecule has 0 fully saturated rings. The summed E-state index contributed by atoms with van der Waals surface area (Å²) in [6.45, 7) is 8.63. The van der Waals surface area contributed by atoms with Gasteiger partial charge in [-0.3, -0.25) is 0 Å². The fourth-order valence-electron chi connectivity index (χ4n) is 3.65. The van der Waals surface area contributed by atoms with Gasteiger partial charge in [0.2, 0.25) is 0 Å². The third-order valence-electron chi connectivity index (χ3n) is 5.80. The van der Waals surface area contributed by atoms with Crippen molar-refractivity contribution in [2.45, 2.75) is 40.5 Å². The monoisotopic (exact) mass is 412 g/mol. The molecule has 0 unspecified atom stereocenters. The number of aliphatic hydroxyl groups excluding tert-OH is 1. The Kier molecular flexibility index (Phi) is 7.36. The maximum absolute atomic E-state index is 9.21. The van der Waals surface area contributed by atoms with Crippen LogP contribution in [0.5, 0.6) is 5.75 Å². The Hall–Kier alpha value is -3.26. The molecule has 0 spiro atoms. The van der Waals surface area contributed by atoms with Crippen LogP contribution in [0.1, 0.15) is 43.4 Å². The van der Waals surface area contributed by atoms with Crippen molar-refractivity contribution >= 4 is 6.08 Å². The molecule has 1 aliphatic carbocycles. The van der Waals surface area contributed by atoms with Gasteiger partial charge in [-0.25, -0.2) is 0 Å². The van der Waals surface area contributed by atoms with Crippen molar-refractivity contribution in [2.75, 3.05) is 0 Å². The van der Waals surface area contributed by atoms with Crippen molar-refractivity contribution in [3.05, 3.63) is 119 Å². The lowest BCUT2D eigenvalue weighted by atomic mass is 9.73. The van der Waals surface area contributed by atoms with Crippen LogP contribution in [-0.4, -0.2) is 5.11 Å². The Labute approximate surface area is 186 Å². The lowest BCUT2D eigenvalue weighted by Crippen LogP contribution is -2.19. The van der Waals surface area contributed by atoms with E-state index < -0.39 is 0 Å². The van der Waals surface area contributed by atoms with E-state index in [4.69, 9.17) is 4.74 Å². The molecule has 0 amide bonds. The molecule has 0 saturated heterocycles. The van der Waals surface area contributed by atoms with E-state index in [0.717, 1.165) is 41.7 Å². The fraction of sp³-hybridized carbons (Fsp3) is 0.241. The normalized spacial score (nSPS) is 15.3. The van der Waals surface area contributed by atoms with Crippen LogP contribution < -0.4 is 4.74 Å². The number of aryl methyl sites for hydroxylation is 2. The van der Waals surface area contributed by atoms with Gasteiger partial charge in [-0.15, -0.1) is 0 Å². The van der Waals surface area contributed by atoms with E-state index in [2.05, 4.69) is 88.4 Å². The molecule has 160 valence electrons. The minimum absolute atomic E-state index is 0.174. The van der Waals surface area contributed by atoms with Crippen LogP contribution >= 0.6 is 0 Å². The van der Waals surface area contributed by atoms with E-state index in [1.54, 1.807) is 6.08 Å². The van der Waals surface area contributed by atoms with E-state index in [0.29, 0.717) is 0 Å². The van der Waals surface area contributed by atoms with Crippen LogP contribution in [0.25, 0.3) is 6.08 Å². The molecule has 0 radical (unpaired) electrons. The molecule has 0 saturated carbocycles. The Balaban J connectivity index is 1.80. The largest absolute Gasteiger partial charge is 0.516 e. The van der Waals surface area contributed by atoms with Crippen LogP contribution in [0.3, 0.4) is 0 Å². The van der Waals surface area contributed by atoms with Crippen molar-refractivity contribution in [2.24, 2.45) is 5.41 Å². The van der Waals surface area contributed by atoms with Gasteiger partial charge >= 0.3 is 0 Å². The summed E-state index contributed by atoms with van der Waals surface area (Å²) in [5.74, 6) is 1.86. The summed E-state index contributed by atoms with van der Waals surface area (Å²) in [6.07, 6.45) is 15.1. The number of hydrogen-bond donors (Lipinski definition) is 1. The molecule has 1 aliphatic rings. The molecule has 2 nitrogen and oxygen atoms in total. The molecule has 3 rings (SSSR count). The van der Waals surface area contributed by atoms with Gasteiger partial charge in [0.25, 0.3) is 0 Å². The molecule has 0 aliphatic heterocycles. The summed E-state index contributed by atoms with van der Waals surface area (Å²) in [5, 5.41) is 9.21. The first-order chi connectivity index (χ1) is 14.9. The number of benzene rings is 2. The van der Waals surface area contributed by atoms with Crippen molar-refractivity contribution in [1.82, 2.24) is 0 Å². The topological polar surface area (TPSA) is 29.5 Å². The first kappa shape index (κ1) is 22.4. The van der Waals surface area contributed by atoms with Gasteiger partial charge < -0.3 is 9.84 Å². The average Bonchev–Trinajstić information content (AvgIpc) is 2.77. The molecule has 2 aromatic rings. The summed E-state index contributed by atoms with van der Waals surface area (Å²) in [5.41, 5.74) is 5.94. The van der Waals surface area contributed by atoms with Crippen molar-refractivity contribution < 1.29 is 9.84 Å². The molecular weight excluding hydrogens is 380 g/mol. The maximum Gasteiger partial charge on any atom is 0.126 e. The average molecular weight is 413 g/mol. The maximum atomic E-state index is 9.21. The summed E-state index contributed by atoms with van der Waals surface area (Å²) >= 11 is 0. The van der Waals surface area contributed by atoms with Gasteiger partial charge in [0.1, 0.15) is 11.5 Å². The molecule has 1 N–H and O–H groups in total. The Morgan fingerprint density at radius 1 is 0.903 bits per heavy atom. The highest BCUT2D eigenvalue weighted by Crippen LogP contribution is 2.40. The number of allylic oxidation sites excluding steroid dienone is 8. The minimum atomic E-state index is -0.174. The third kappa shape index (κ3) is 6.11. The van der Waals surface area contributed by atoms with Crippen LogP contribution in [0.4, 0.5) is 0 Å². The Morgan fingerprint density at radius 3 is 2.13 bits per heavy atom. The van der Waals surface area contributed by atoms with Gasteiger partial charge in [-0.1, -0.05) is 91.2 Å². The second-order valence-electron chi connectivity index (χ2n) is 8.57. The summed E-state index contributed by atoms with van der Waals surface area (Å²) in [4.78, 5) is 0. The first-order valence-corrected chi connectivity index (χ1v) is 10.8. The van der Waals surface area contributed by atoms with Gasteiger partial charge in [0.05, 0.1) is 6.26 Å². The van der Waals surface area contributed by atoms with Gasteiger partial charge in [-0.2, -0.15) is 0 Å². The lowest BCUT2D eigenvalue weighted by Gasteiger charge is -2.32. The van der Waals surface area contributed by atoms with Gasteiger partial charge in [0, 0.05) is 11.8 Å². The number of rotatable bonds is 7. The zero-order chi connectivity index (χ0) is 22.3. The Morgan fingerprint density at radius 2 is 1.55 bits per heavy atom. The van der Waals surface area contributed by atoms with Crippen LogP contribution in [0.15, 0.2) is 102 Å². The zero-order valence-electron chi connectivity index (χ0n) is 18.9. The predicted octanol–water partition coefficient (Wildman–Crippen LogP) is 8.02. The van der Waals surface area contributed by atoms with Gasteiger partial charge in [0.15, 0.2) is 0 Å². The van der Waals surface area contributed by atoms with Crippen molar-refractivity contribution in [1.29, 1.82) is 0 Å². The number of ether oxygens (including phenoxy) is 1. The SMILES string of the molecule is Cc1ccc(\C=C/C(=C\C=C\O)C(C)(C)C2=CC=C(Oc3ccc(C)cc3)CC2)cc1. The fourth-order valence-corrected chi connectivity index (χ4v) is 3.65. The van der Waals surface area contributed by atoms with E-state index >= 15 is 0 Å². The molecule has 0 aromatic heterocycles. The highest BCUT2D eigenvalue weighted by atomic mass is 16.5. The number of hydrogen-bond acceptors (Lipinski definition) is 2. The Bertz CT molecular complexity index is 1030. The van der Waals surface area contributed by atoms with E-state index in [-0.39, 0.29) is 5.41 Å². The standard InChI is InChI=1S/C29H32O2/c1-22-7-11-24(12-8-22)13-14-25(6-5-21-30)29(3,4)26-15-19-28(20-16-26)31-27-17-9-23(2)10-18-27/h5-15,17-19,21,30H,16,20H2,1-4H3/b14-13-,21-5+,25-6+. The first-order valence-electron chi connectivity index (χ1n) is 10.8. The van der Waals surface area contributed by atoms with E-state index in [1.165, 1.54) is 16.7 Å². The molecular formula is C29H32O2. The van der Waals surface area contributed by atoms with E-state index in [1.807, 2.05) is 18.2 Å². The van der Waals surface area contributed by atoms with Gasteiger partial charge in [-0.05, 0) is 55.7 Å². The molecule has 0 bridgehead atoms. The third-order valence-corrected chi connectivity index (χ3v) is 5.80. The van der Waals surface area contributed by atoms with Crippen molar-refractivity contribution in [3.8, 4) is 5.75 Å². The summed E-state index contributed by atoms with van der Waals surface area (Å²) in [7, 11) is 0. The molecule has 0 atom stereocenters. The summed E-state index contributed by atoms with van der Waals surface area (Å²) < 4.78 is 6.06. The predicted molar refractivity (Wildman–Crippen MR) is 131 cm³/mol. The van der Waals surface area contributed by atoms with Crippen LogP contribution in [0.2, 0.25) is 0 Å². The highest BCUT2D eigenvalue weighted by molar-refractivity contribution is 5.56. The zero-order valence-corrected chi connectivity index (χ0v) is 18.9. The second kappa shape index (κ2) is 10.2. The molecule has 0 heterocycles. The van der Waals surface area contributed by atoms with E-state index in [9.17, 15) is 5.11 Å². The quantitative estimate of drug-likeness (QED) is 0.368.